The maximum absolute atomic E-state index is 12.6. The Morgan fingerprint density at radius 1 is 1.20 bits per heavy atom. The van der Waals surface area contributed by atoms with Gasteiger partial charge in [-0.15, -0.1) is 0 Å². The van der Waals surface area contributed by atoms with Crippen molar-refractivity contribution in [1.29, 1.82) is 0 Å². The fourth-order valence-corrected chi connectivity index (χ4v) is 5.23. The number of nitrogens with zero attached hydrogens (tertiary/aromatic N) is 2. The number of sulfonamides is 1. The fraction of sp³-hybridized carbons (Fsp3) is 0.550. The van der Waals surface area contributed by atoms with E-state index < -0.39 is 20.6 Å². The number of carbonyl (C=O) groups excluding carboxylic acids is 1. The molecule has 1 N–H and O–H groups in total. The predicted molar refractivity (Wildman–Crippen MR) is 111 cm³/mol. The molecule has 2 aliphatic rings. The Bertz CT molecular complexity index is 922. The lowest BCUT2D eigenvalue weighted by Gasteiger charge is -2.16. The SMILES string of the molecule is O=C(COc1ccc(S(=O)(=O)N2CCCC2)cc1[N+](=O)[O-])NCCC1=CCCCC1. The molecular weight excluding hydrogens is 410 g/mol. The number of hydrogen-bond acceptors (Lipinski definition) is 6. The molecule has 1 aliphatic carbocycles. The molecule has 1 saturated heterocycles. The Morgan fingerprint density at radius 2 is 1.97 bits per heavy atom. The zero-order valence-corrected chi connectivity index (χ0v) is 17.7. The van der Waals surface area contributed by atoms with Gasteiger partial charge in [0.2, 0.25) is 10.0 Å². The predicted octanol–water partition coefficient (Wildman–Crippen LogP) is 2.76. The topological polar surface area (TPSA) is 119 Å². The summed E-state index contributed by atoms with van der Waals surface area (Å²) in [6, 6.07) is 3.51. The zero-order chi connectivity index (χ0) is 21.6. The lowest BCUT2D eigenvalue weighted by molar-refractivity contribution is -0.386. The fourth-order valence-electron chi connectivity index (χ4n) is 3.69. The van der Waals surface area contributed by atoms with Crippen molar-refractivity contribution in [3.63, 3.8) is 0 Å². The summed E-state index contributed by atoms with van der Waals surface area (Å²) in [6.45, 7) is 0.929. The number of benzene rings is 1. The largest absolute Gasteiger partial charge is 0.477 e. The standard InChI is InChI=1S/C20H27N3O6S/c24-20(21-11-10-16-6-2-1-3-7-16)15-29-19-9-8-17(14-18(19)23(25)26)30(27,28)22-12-4-5-13-22/h6,8-9,14H,1-5,7,10-13,15H2,(H,21,24). The summed E-state index contributed by atoms with van der Waals surface area (Å²) in [6.07, 6.45) is 9.08. The Morgan fingerprint density at radius 3 is 2.63 bits per heavy atom. The van der Waals surface area contributed by atoms with Gasteiger partial charge in [-0.3, -0.25) is 14.9 Å². The number of rotatable bonds is 9. The smallest absolute Gasteiger partial charge is 0.312 e. The molecule has 0 radical (unpaired) electrons. The molecule has 0 bridgehead atoms. The van der Waals surface area contributed by atoms with Crippen LogP contribution in [-0.4, -0.2) is 49.8 Å². The molecule has 1 aliphatic heterocycles. The van der Waals surface area contributed by atoms with Crippen LogP contribution in [-0.2, 0) is 14.8 Å². The van der Waals surface area contributed by atoms with Crippen molar-refractivity contribution >= 4 is 21.6 Å². The lowest BCUT2D eigenvalue weighted by Crippen LogP contribution is -2.30. The van der Waals surface area contributed by atoms with Crippen LogP contribution in [0.15, 0.2) is 34.7 Å². The summed E-state index contributed by atoms with van der Waals surface area (Å²) in [4.78, 5) is 22.6. The van der Waals surface area contributed by atoms with Crippen LogP contribution in [0.2, 0.25) is 0 Å². The van der Waals surface area contributed by atoms with E-state index >= 15 is 0 Å². The van der Waals surface area contributed by atoms with E-state index in [1.807, 2.05) is 0 Å². The molecule has 164 valence electrons. The first-order valence-electron chi connectivity index (χ1n) is 10.2. The summed E-state index contributed by atoms with van der Waals surface area (Å²) in [5, 5.41) is 14.2. The van der Waals surface area contributed by atoms with E-state index in [9.17, 15) is 23.3 Å². The van der Waals surface area contributed by atoms with Crippen LogP contribution >= 0.6 is 0 Å². The number of allylic oxidation sites excluding steroid dienone is 1. The highest BCUT2D eigenvalue weighted by Gasteiger charge is 2.30. The van der Waals surface area contributed by atoms with Crippen molar-refractivity contribution < 1.29 is 22.9 Å². The number of nitro benzene ring substituents is 1. The first-order valence-corrected chi connectivity index (χ1v) is 11.7. The van der Waals surface area contributed by atoms with Crippen molar-refractivity contribution in [3.05, 3.63) is 40.0 Å². The van der Waals surface area contributed by atoms with Gasteiger partial charge < -0.3 is 10.1 Å². The van der Waals surface area contributed by atoms with Gasteiger partial charge in [-0.1, -0.05) is 11.6 Å². The molecule has 0 unspecified atom stereocenters. The van der Waals surface area contributed by atoms with Crippen LogP contribution in [0.25, 0.3) is 0 Å². The Kier molecular flexibility index (Phi) is 7.43. The van der Waals surface area contributed by atoms with Crippen LogP contribution in [0, 0.1) is 10.1 Å². The third kappa shape index (κ3) is 5.57. The lowest BCUT2D eigenvalue weighted by atomic mass is 9.97. The monoisotopic (exact) mass is 437 g/mol. The zero-order valence-electron chi connectivity index (χ0n) is 16.8. The van der Waals surface area contributed by atoms with Crippen molar-refractivity contribution in [1.82, 2.24) is 9.62 Å². The molecule has 1 fully saturated rings. The molecule has 0 spiro atoms. The molecule has 3 rings (SSSR count). The average molecular weight is 438 g/mol. The number of nitro groups is 1. The second kappa shape index (κ2) is 10.0. The minimum Gasteiger partial charge on any atom is -0.477 e. The van der Waals surface area contributed by atoms with Gasteiger partial charge in [-0.25, -0.2) is 8.42 Å². The second-order valence-corrected chi connectivity index (χ2v) is 9.43. The van der Waals surface area contributed by atoms with Gasteiger partial charge in [0.25, 0.3) is 5.91 Å². The van der Waals surface area contributed by atoms with Gasteiger partial charge >= 0.3 is 5.69 Å². The maximum Gasteiger partial charge on any atom is 0.312 e. The van der Waals surface area contributed by atoms with E-state index in [2.05, 4.69) is 11.4 Å². The molecule has 1 heterocycles. The molecule has 30 heavy (non-hydrogen) atoms. The quantitative estimate of drug-likeness (QED) is 0.360. The second-order valence-electron chi connectivity index (χ2n) is 7.49. The number of amides is 1. The van der Waals surface area contributed by atoms with Gasteiger partial charge in [0.15, 0.2) is 12.4 Å². The summed E-state index contributed by atoms with van der Waals surface area (Å²) in [5.41, 5.74) is 0.864. The highest BCUT2D eigenvalue weighted by molar-refractivity contribution is 7.89. The third-order valence-corrected chi connectivity index (χ3v) is 7.24. The van der Waals surface area contributed by atoms with E-state index in [-0.39, 0.29) is 23.2 Å². The van der Waals surface area contributed by atoms with Crippen molar-refractivity contribution in [3.8, 4) is 5.75 Å². The minimum atomic E-state index is -3.78. The first kappa shape index (κ1) is 22.2. The number of nitrogens with one attached hydrogen (secondary N) is 1. The summed E-state index contributed by atoms with van der Waals surface area (Å²) in [7, 11) is -3.78. The number of carbonyl (C=O) groups is 1. The Hall–Kier alpha value is -2.46. The molecule has 1 aromatic rings. The van der Waals surface area contributed by atoms with Gasteiger partial charge in [0.1, 0.15) is 0 Å². The van der Waals surface area contributed by atoms with E-state index in [0.717, 1.165) is 38.2 Å². The summed E-state index contributed by atoms with van der Waals surface area (Å²) in [5.74, 6) is -0.514. The van der Waals surface area contributed by atoms with Crippen molar-refractivity contribution in [2.75, 3.05) is 26.2 Å². The minimum absolute atomic E-state index is 0.134. The molecule has 1 aromatic carbocycles. The molecular formula is C20H27N3O6S. The normalized spacial score (nSPS) is 17.4. The van der Waals surface area contributed by atoms with Crippen molar-refractivity contribution in [2.24, 2.45) is 0 Å². The van der Waals surface area contributed by atoms with Gasteiger partial charge in [0, 0.05) is 25.7 Å². The molecule has 0 saturated carbocycles. The van der Waals surface area contributed by atoms with Gasteiger partial charge in [0.05, 0.1) is 9.82 Å². The molecule has 0 aromatic heterocycles. The van der Waals surface area contributed by atoms with E-state index in [4.69, 9.17) is 4.74 Å². The van der Waals surface area contributed by atoms with Crippen LogP contribution in [0.1, 0.15) is 44.9 Å². The van der Waals surface area contributed by atoms with Crippen LogP contribution in [0.5, 0.6) is 5.75 Å². The Labute approximate surface area is 176 Å². The van der Waals surface area contributed by atoms with E-state index in [1.54, 1.807) is 0 Å². The first-order chi connectivity index (χ1) is 14.4. The summed E-state index contributed by atoms with van der Waals surface area (Å²) < 4.78 is 31.9. The van der Waals surface area contributed by atoms with E-state index in [1.165, 1.54) is 34.9 Å². The van der Waals surface area contributed by atoms with Crippen LogP contribution in [0.4, 0.5) is 5.69 Å². The molecule has 1 amide bonds. The molecule has 10 heteroatoms. The maximum atomic E-state index is 12.6. The number of ether oxygens (including phenoxy) is 1. The third-order valence-electron chi connectivity index (χ3n) is 5.34. The van der Waals surface area contributed by atoms with E-state index in [0.29, 0.717) is 19.6 Å². The average Bonchev–Trinajstić information content (AvgIpc) is 3.28. The van der Waals surface area contributed by atoms with Gasteiger partial charge in [-0.05, 0) is 57.1 Å². The highest BCUT2D eigenvalue weighted by Crippen LogP contribution is 2.31. The molecule has 9 nitrogen and oxygen atoms in total. The molecule has 0 atom stereocenters. The Balaban J connectivity index is 1.59. The highest BCUT2D eigenvalue weighted by atomic mass is 32.2. The van der Waals surface area contributed by atoms with Crippen molar-refractivity contribution in [2.45, 2.75) is 49.8 Å². The van der Waals surface area contributed by atoms with Crippen LogP contribution in [0.3, 0.4) is 0 Å². The number of hydrogen-bond donors (Lipinski definition) is 1. The summed E-state index contributed by atoms with van der Waals surface area (Å²) >= 11 is 0. The van der Waals surface area contributed by atoms with Gasteiger partial charge in [-0.2, -0.15) is 4.31 Å². The van der Waals surface area contributed by atoms with Crippen LogP contribution < -0.4 is 10.1 Å².